The van der Waals surface area contributed by atoms with Crippen LogP contribution in [0, 0.1) is 11.6 Å². The van der Waals surface area contributed by atoms with Gasteiger partial charge in [-0.05, 0) is 31.5 Å². The van der Waals surface area contributed by atoms with Crippen LogP contribution in [0.3, 0.4) is 0 Å². The van der Waals surface area contributed by atoms with Crippen molar-refractivity contribution < 1.29 is 13.5 Å². The minimum absolute atomic E-state index is 0.230. The van der Waals surface area contributed by atoms with E-state index in [9.17, 15) is 8.78 Å². The fraction of sp³-hybridized carbons (Fsp3) is 0.500. The molecular weight excluding hydrogens is 212 g/mol. The van der Waals surface area contributed by atoms with Crippen molar-refractivity contribution in [1.29, 1.82) is 0 Å². The smallest absolute Gasteiger partial charge is 0.129 e. The molecule has 1 aromatic rings. The molecule has 16 heavy (non-hydrogen) atoms. The molecule has 0 aliphatic heterocycles. The third-order valence-corrected chi connectivity index (χ3v) is 2.32. The van der Waals surface area contributed by atoms with E-state index in [-0.39, 0.29) is 6.04 Å². The van der Waals surface area contributed by atoms with Crippen molar-refractivity contribution in [3.8, 4) is 0 Å². The lowest BCUT2D eigenvalue weighted by Gasteiger charge is -2.12. The number of hydrogen-bond donors (Lipinski definition) is 1. The molecule has 1 rings (SSSR count). The van der Waals surface area contributed by atoms with Crippen LogP contribution in [0.5, 0.6) is 0 Å². The first-order chi connectivity index (χ1) is 7.63. The zero-order chi connectivity index (χ0) is 12.0. The van der Waals surface area contributed by atoms with Crippen LogP contribution in [0.1, 0.15) is 12.5 Å². The molecular formula is C12H17F2NO. The van der Waals surface area contributed by atoms with E-state index in [1.165, 1.54) is 12.1 Å². The molecule has 0 bridgehead atoms. The summed E-state index contributed by atoms with van der Waals surface area (Å²) in [7, 11) is 1.64. The van der Waals surface area contributed by atoms with Crippen LogP contribution in [0.25, 0.3) is 0 Å². The maximum Gasteiger partial charge on any atom is 0.129 e. The first-order valence-electron chi connectivity index (χ1n) is 5.29. The van der Waals surface area contributed by atoms with Gasteiger partial charge in [0, 0.05) is 19.2 Å². The summed E-state index contributed by atoms with van der Waals surface area (Å²) in [6.07, 6.45) is 0.542. The largest absolute Gasteiger partial charge is 0.383 e. The fourth-order valence-electron chi connectivity index (χ4n) is 1.49. The van der Waals surface area contributed by atoms with Gasteiger partial charge in [-0.25, -0.2) is 8.78 Å². The Hall–Kier alpha value is -1.00. The Balaban J connectivity index is 2.37. The summed E-state index contributed by atoms with van der Waals surface area (Å²) < 4.78 is 30.8. The average molecular weight is 229 g/mol. The normalized spacial score (nSPS) is 12.8. The van der Waals surface area contributed by atoms with E-state index in [2.05, 4.69) is 5.32 Å². The molecule has 1 unspecified atom stereocenters. The van der Waals surface area contributed by atoms with Crippen molar-refractivity contribution in [2.24, 2.45) is 0 Å². The molecule has 0 radical (unpaired) electrons. The SMILES string of the molecule is COCC(C)NCCc1ccc(F)cc1F. The van der Waals surface area contributed by atoms with Gasteiger partial charge in [0.05, 0.1) is 6.61 Å². The van der Waals surface area contributed by atoms with Crippen LogP contribution in [0.2, 0.25) is 0 Å². The zero-order valence-electron chi connectivity index (χ0n) is 9.59. The number of rotatable bonds is 6. The van der Waals surface area contributed by atoms with Gasteiger partial charge in [-0.2, -0.15) is 0 Å². The van der Waals surface area contributed by atoms with E-state index < -0.39 is 11.6 Å². The van der Waals surface area contributed by atoms with E-state index in [0.29, 0.717) is 25.1 Å². The molecule has 0 fully saturated rings. The molecule has 0 saturated heterocycles. The topological polar surface area (TPSA) is 21.3 Å². The Labute approximate surface area is 94.6 Å². The summed E-state index contributed by atoms with van der Waals surface area (Å²) >= 11 is 0. The summed E-state index contributed by atoms with van der Waals surface area (Å²) in [6.45, 7) is 3.25. The van der Waals surface area contributed by atoms with Crippen molar-refractivity contribution in [3.63, 3.8) is 0 Å². The van der Waals surface area contributed by atoms with Crippen LogP contribution in [-0.2, 0) is 11.2 Å². The standard InChI is InChI=1S/C12H17F2NO/c1-9(8-16-2)15-6-5-10-3-4-11(13)7-12(10)14/h3-4,7,9,15H,5-6,8H2,1-2H3. The number of nitrogens with one attached hydrogen (secondary N) is 1. The Morgan fingerprint density at radius 3 is 2.75 bits per heavy atom. The van der Waals surface area contributed by atoms with E-state index in [1.54, 1.807) is 7.11 Å². The maximum absolute atomic E-state index is 13.2. The highest BCUT2D eigenvalue weighted by Crippen LogP contribution is 2.09. The molecule has 1 atom stereocenters. The van der Waals surface area contributed by atoms with Crippen molar-refractivity contribution >= 4 is 0 Å². The van der Waals surface area contributed by atoms with E-state index in [0.717, 1.165) is 6.07 Å². The molecule has 0 aliphatic rings. The van der Waals surface area contributed by atoms with Gasteiger partial charge < -0.3 is 10.1 Å². The van der Waals surface area contributed by atoms with Crippen molar-refractivity contribution in [1.82, 2.24) is 5.32 Å². The van der Waals surface area contributed by atoms with Crippen LogP contribution in [-0.4, -0.2) is 26.3 Å². The second kappa shape index (κ2) is 6.55. The molecule has 0 aromatic heterocycles. The summed E-state index contributed by atoms with van der Waals surface area (Å²) in [4.78, 5) is 0. The Kier molecular flexibility index (Phi) is 5.35. The summed E-state index contributed by atoms with van der Waals surface area (Å²) in [5.74, 6) is -1.02. The van der Waals surface area contributed by atoms with Gasteiger partial charge >= 0.3 is 0 Å². The van der Waals surface area contributed by atoms with E-state index >= 15 is 0 Å². The monoisotopic (exact) mass is 229 g/mol. The van der Waals surface area contributed by atoms with Gasteiger partial charge in [0.25, 0.3) is 0 Å². The second-order valence-corrected chi connectivity index (χ2v) is 3.80. The summed E-state index contributed by atoms with van der Waals surface area (Å²) in [5.41, 5.74) is 0.526. The molecule has 0 aliphatic carbocycles. The number of benzene rings is 1. The minimum atomic E-state index is -0.540. The number of hydrogen-bond acceptors (Lipinski definition) is 2. The molecule has 0 heterocycles. The van der Waals surface area contributed by atoms with E-state index in [1.807, 2.05) is 6.92 Å². The zero-order valence-corrected chi connectivity index (χ0v) is 9.59. The van der Waals surface area contributed by atoms with Crippen molar-refractivity contribution in [2.75, 3.05) is 20.3 Å². The van der Waals surface area contributed by atoms with Gasteiger partial charge in [-0.3, -0.25) is 0 Å². The average Bonchev–Trinajstić information content (AvgIpc) is 2.22. The van der Waals surface area contributed by atoms with Crippen LogP contribution < -0.4 is 5.32 Å². The fourth-order valence-corrected chi connectivity index (χ4v) is 1.49. The molecule has 4 heteroatoms. The molecule has 0 amide bonds. The molecule has 1 N–H and O–H groups in total. The van der Waals surface area contributed by atoms with Crippen LogP contribution in [0.4, 0.5) is 8.78 Å². The Morgan fingerprint density at radius 2 is 2.12 bits per heavy atom. The first kappa shape index (κ1) is 13.1. The predicted octanol–water partition coefficient (Wildman–Crippen LogP) is 2.13. The lowest BCUT2D eigenvalue weighted by atomic mass is 10.1. The highest BCUT2D eigenvalue weighted by molar-refractivity contribution is 5.18. The van der Waals surface area contributed by atoms with Gasteiger partial charge in [-0.15, -0.1) is 0 Å². The van der Waals surface area contributed by atoms with Gasteiger partial charge in [0.1, 0.15) is 11.6 Å². The molecule has 0 spiro atoms. The summed E-state index contributed by atoms with van der Waals surface area (Å²) in [5, 5.41) is 3.19. The molecule has 90 valence electrons. The second-order valence-electron chi connectivity index (χ2n) is 3.80. The minimum Gasteiger partial charge on any atom is -0.383 e. The van der Waals surface area contributed by atoms with Gasteiger partial charge in [0.2, 0.25) is 0 Å². The number of ether oxygens (including phenoxy) is 1. The van der Waals surface area contributed by atoms with E-state index in [4.69, 9.17) is 4.74 Å². The highest BCUT2D eigenvalue weighted by Gasteiger charge is 2.04. The predicted molar refractivity (Wildman–Crippen MR) is 59.4 cm³/mol. The Morgan fingerprint density at radius 1 is 1.38 bits per heavy atom. The molecule has 0 saturated carbocycles. The van der Waals surface area contributed by atoms with Crippen LogP contribution >= 0.6 is 0 Å². The lowest BCUT2D eigenvalue weighted by Crippen LogP contribution is -2.31. The lowest BCUT2D eigenvalue weighted by molar-refractivity contribution is 0.172. The van der Waals surface area contributed by atoms with Crippen LogP contribution in [0.15, 0.2) is 18.2 Å². The third-order valence-electron chi connectivity index (χ3n) is 2.32. The highest BCUT2D eigenvalue weighted by atomic mass is 19.1. The van der Waals surface area contributed by atoms with Gasteiger partial charge in [-0.1, -0.05) is 6.07 Å². The van der Waals surface area contributed by atoms with Gasteiger partial charge in [0.15, 0.2) is 0 Å². The number of halogens is 2. The Bertz CT molecular complexity index is 331. The van der Waals surface area contributed by atoms with Crippen molar-refractivity contribution in [2.45, 2.75) is 19.4 Å². The van der Waals surface area contributed by atoms with Crippen molar-refractivity contribution in [3.05, 3.63) is 35.4 Å². The first-order valence-corrected chi connectivity index (χ1v) is 5.29. The third kappa shape index (κ3) is 4.24. The number of methoxy groups -OCH3 is 1. The summed E-state index contributed by atoms with van der Waals surface area (Å²) in [6, 6.07) is 3.90. The maximum atomic E-state index is 13.2. The quantitative estimate of drug-likeness (QED) is 0.807. The molecule has 1 aromatic carbocycles. The molecule has 2 nitrogen and oxygen atoms in total.